The highest BCUT2D eigenvalue weighted by atomic mass is 15.1. The van der Waals surface area contributed by atoms with Crippen LogP contribution in [0.1, 0.15) is 33.0 Å². The lowest BCUT2D eigenvalue weighted by Gasteiger charge is -2.24. The van der Waals surface area contributed by atoms with E-state index in [1.807, 2.05) is 13.0 Å². The topological polar surface area (TPSA) is 67.1 Å². The highest BCUT2D eigenvalue weighted by molar-refractivity contribution is 5.45. The molecule has 19 heavy (non-hydrogen) atoms. The third-order valence-corrected chi connectivity index (χ3v) is 2.80. The maximum atomic E-state index is 5.81. The van der Waals surface area contributed by atoms with E-state index in [1.54, 1.807) is 0 Å². The van der Waals surface area contributed by atoms with Crippen LogP contribution in [-0.4, -0.2) is 41.5 Å². The molecule has 0 aliphatic carbocycles. The first kappa shape index (κ1) is 15.7. The summed E-state index contributed by atoms with van der Waals surface area (Å²) in [4.78, 5) is 10.9. The van der Waals surface area contributed by atoms with Crippen molar-refractivity contribution >= 4 is 11.6 Å². The summed E-state index contributed by atoms with van der Waals surface area (Å²) in [7, 11) is 4.17. The van der Waals surface area contributed by atoms with E-state index in [0.717, 1.165) is 31.0 Å². The number of likely N-dealkylation sites (N-methyl/N-ethyl adjacent to an activating group) is 1. The first-order valence-electron chi connectivity index (χ1n) is 6.95. The summed E-state index contributed by atoms with van der Waals surface area (Å²) in [5.74, 6) is 2.79. The van der Waals surface area contributed by atoms with Gasteiger partial charge in [-0.15, -0.1) is 0 Å². The smallest absolute Gasteiger partial charge is 0.132 e. The number of hydrogen-bond donors (Lipinski definition) is 2. The summed E-state index contributed by atoms with van der Waals surface area (Å²) in [6, 6.07) is 2.18. The normalized spacial score (nSPS) is 13.0. The molecule has 1 heterocycles. The molecule has 1 unspecified atom stereocenters. The fourth-order valence-electron chi connectivity index (χ4n) is 2.15. The van der Waals surface area contributed by atoms with Crippen molar-refractivity contribution in [1.29, 1.82) is 0 Å². The number of hydrogen-bond acceptors (Lipinski definition) is 5. The molecule has 5 heteroatoms. The van der Waals surface area contributed by atoms with Gasteiger partial charge in [0.05, 0.1) is 0 Å². The Balaban J connectivity index is 2.79. The maximum Gasteiger partial charge on any atom is 0.132 e. The van der Waals surface area contributed by atoms with E-state index in [1.165, 1.54) is 0 Å². The maximum absolute atomic E-state index is 5.81. The van der Waals surface area contributed by atoms with Crippen molar-refractivity contribution in [2.75, 3.05) is 31.7 Å². The van der Waals surface area contributed by atoms with Gasteiger partial charge >= 0.3 is 0 Å². The molecule has 5 nitrogen and oxygen atoms in total. The van der Waals surface area contributed by atoms with Gasteiger partial charge in [-0.2, -0.15) is 0 Å². The Morgan fingerprint density at radius 3 is 2.53 bits per heavy atom. The monoisotopic (exact) mass is 265 g/mol. The van der Waals surface area contributed by atoms with Gasteiger partial charge in [-0.3, -0.25) is 0 Å². The number of nitrogens with zero attached hydrogens (tertiary/aromatic N) is 3. The van der Waals surface area contributed by atoms with Crippen LogP contribution in [0.3, 0.4) is 0 Å². The Bertz CT molecular complexity index is 379. The SMILES string of the molecule is CCc1nc(N)cc(NC(CC(C)C)CN(C)C)n1. The molecule has 0 aliphatic heterocycles. The van der Waals surface area contributed by atoms with Crippen molar-refractivity contribution in [3.63, 3.8) is 0 Å². The molecule has 0 spiro atoms. The second kappa shape index (κ2) is 7.28. The average Bonchev–Trinajstić information content (AvgIpc) is 2.26. The van der Waals surface area contributed by atoms with Gasteiger partial charge in [0.1, 0.15) is 17.5 Å². The lowest BCUT2D eigenvalue weighted by Crippen LogP contribution is -2.34. The molecule has 1 aromatic rings. The molecule has 108 valence electrons. The first-order valence-corrected chi connectivity index (χ1v) is 6.95. The van der Waals surface area contributed by atoms with Gasteiger partial charge in [-0.1, -0.05) is 20.8 Å². The Morgan fingerprint density at radius 1 is 1.32 bits per heavy atom. The molecule has 3 N–H and O–H groups in total. The Hall–Kier alpha value is -1.36. The highest BCUT2D eigenvalue weighted by Crippen LogP contribution is 2.14. The number of aryl methyl sites for hydroxylation is 1. The van der Waals surface area contributed by atoms with E-state index in [-0.39, 0.29) is 0 Å². The number of nitrogens with one attached hydrogen (secondary N) is 1. The standard InChI is InChI=1S/C14H27N5/c1-6-13-17-12(15)8-14(18-13)16-11(7-10(2)3)9-19(4)5/h8,10-11H,6-7,9H2,1-5H3,(H3,15,16,17,18). The summed E-state index contributed by atoms with van der Waals surface area (Å²) in [5.41, 5.74) is 5.81. The van der Waals surface area contributed by atoms with Gasteiger partial charge < -0.3 is 16.0 Å². The van der Waals surface area contributed by atoms with Crippen LogP contribution in [0.15, 0.2) is 6.07 Å². The minimum Gasteiger partial charge on any atom is -0.384 e. The van der Waals surface area contributed by atoms with Crippen LogP contribution in [0.4, 0.5) is 11.6 Å². The van der Waals surface area contributed by atoms with Crippen molar-refractivity contribution < 1.29 is 0 Å². The predicted molar refractivity (Wildman–Crippen MR) is 81.2 cm³/mol. The van der Waals surface area contributed by atoms with Gasteiger partial charge in [-0.25, -0.2) is 9.97 Å². The molecular formula is C14H27N5. The van der Waals surface area contributed by atoms with Gasteiger partial charge in [-0.05, 0) is 26.4 Å². The molecule has 0 fully saturated rings. The number of rotatable bonds is 7. The fourth-order valence-corrected chi connectivity index (χ4v) is 2.15. The van der Waals surface area contributed by atoms with Crippen LogP contribution in [0, 0.1) is 5.92 Å². The third-order valence-electron chi connectivity index (χ3n) is 2.80. The zero-order valence-corrected chi connectivity index (χ0v) is 12.8. The summed E-state index contributed by atoms with van der Waals surface area (Å²) < 4.78 is 0. The molecule has 1 aromatic heterocycles. The molecule has 0 bridgehead atoms. The molecule has 0 radical (unpaired) electrons. The molecular weight excluding hydrogens is 238 g/mol. The van der Waals surface area contributed by atoms with Crippen molar-refractivity contribution in [3.05, 3.63) is 11.9 Å². The van der Waals surface area contributed by atoms with Crippen LogP contribution in [-0.2, 0) is 6.42 Å². The molecule has 1 rings (SSSR count). The summed E-state index contributed by atoms with van der Waals surface area (Å²) in [5, 5.41) is 3.48. The molecule has 0 saturated heterocycles. The molecule has 1 atom stereocenters. The molecule has 0 amide bonds. The fraction of sp³-hybridized carbons (Fsp3) is 0.714. The van der Waals surface area contributed by atoms with Gasteiger partial charge in [0.25, 0.3) is 0 Å². The molecule has 0 aliphatic rings. The van der Waals surface area contributed by atoms with E-state index in [2.05, 4.69) is 48.1 Å². The summed E-state index contributed by atoms with van der Waals surface area (Å²) >= 11 is 0. The van der Waals surface area contributed by atoms with E-state index < -0.39 is 0 Å². The van der Waals surface area contributed by atoms with Crippen LogP contribution in [0.2, 0.25) is 0 Å². The van der Waals surface area contributed by atoms with E-state index >= 15 is 0 Å². The van der Waals surface area contributed by atoms with E-state index in [4.69, 9.17) is 5.73 Å². The summed E-state index contributed by atoms with van der Waals surface area (Å²) in [6.45, 7) is 7.47. The van der Waals surface area contributed by atoms with Crippen molar-refractivity contribution in [1.82, 2.24) is 14.9 Å². The zero-order valence-electron chi connectivity index (χ0n) is 12.8. The molecule has 0 aromatic carbocycles. The Kier molecular flexibility index (Phi) is 6.02. The van der Waals surface area contributed by atoms with Crippen molar-refractivity contribution in [3.8, 4) is 0 Å². The van der Waals surface area contributed by atoms with Gasteiger partial charge in [0, 0.05) is 25.1 Å². The number of anilines is 2. The van der Waals surface area contributed by atoms with Crippen molar-refractivity contribution in [2.24, 2.45) is 5.92 Å². The summed E-state index contributed by atoms with van der Waals surface area (Å²) in [6.07, 6.45) is 1.89. The number of nitrogen functional groups attached to an aromatic ring is 1. The first-order chi connectivity index (χ1) is 8.90. The average molecular weight is 265 g/mol. The second-order valence-corrected chi connectivity index (χ2v) is 5.68. The lowest BCUT2D eigenvalue weighted by atomic mass is 10.0. The van der Waals surface area contributed by atoms with E-state index in [9.17, 15) is 0 Å². The zero-order chi connectivity index (χ0) is 14.4. The Morgan fingerprint density at radius 2 is 2.00 bits per heavy atom. The number of nitrogens with two attached hydrogens (primary N) is 1. The third kappa shape index (κ3) is 5.87. The minimum absolute atomic E-state index is 0.369. The quantitative estimate of drug-likeness (QED) is 0.789. The highest BCUT2D eigenvalue weighted by Gasteiger charge is 2.13. The van der Waals surface area contributed by atoms with Crippen LogP contribution in [0.5, 0.6) is 0 Å². The van der Waals surface area contributed by atoms with Crippen LogP contribution >= 0.6 is 0 Å². The Labute approximate surface area is 116 Å². The largest absolute Gasteiger partial charge is 0.384 e. The van der Waals surface area contributed by atoms with Gasteiger partial charge in [0.2, 0.25) is 0 Å². The van der Waals surface area contributed by atoms with Gasteiger partial charge in [0.15, 0.2) is 0 Å². The van der Waals surface area contributed by atoms with Crippen LogP contribution < -0.4 is 11.1 Å². The lowest BCUT2D eigenvalue weighted by molar-refractivity contribution is 0.356. The minimum atomic E-state index is 0.369. The van der Waals surface area contributed by atoms with Crippen molar-refractivity contribution in [2.45, 2.75) is 39.7 Å². The number of aromatic nitrogens is 2. The predicted octanol–water partition coefficient (Wildman–Crippen LogP) is 2.01. The van der Waals surface area contributed by atoms with E-state index in [0.29, 0.717) is 17.8 Å². The van der Waals surface area contributed by atoms with Crippen LogP contribution in [0.25, 0.3) is 0 Å². The second-order valence-electron chi connectivity index (χ2n) is 5.68. The molecule has 0 saturated carbocycles.